The Morgan fingerprint density at radius 2 is 0.746 bits per heavy atom. The van der Waals surface area contributed by atoms with Crippen LogP contribution in [-0.2, 0) is 21.7 Å². The molecule has 130 heavy (non-hydrogen) atoms. The first kappa shape index (κ1) is 96.4. The van der Waals surface area contributed by atoms with E-state index in [1.165, 1.54) is 190 Å². The topological polar surface area (TPSA) is 9.72 Å². The zero-order valence-corrected chi connectivity index (χ0v) is 90.4. The summed E-state index contributed by atoms with van der Waals surface area (Å²) in [4.78, 5) is 0. The fraction of sp³-hybridized carbons (Fsp3) is 0.548. The van der Waals surface area contributed by atoms with E-state index in [0.717, 1.165) is 34.5 Å². The van der Waals surface area contributed by atoms with Gasteiger partial charge in [-0.1, -0.05) is 349 Å². The van der Waals surface area contributed by atoms with E-state index in [-0.39, 0.29) is 49.4 Å². The molecule has 10 aliphatic carbocycles. The zero-order chi connectivity index (χ0) is 93.9. The summed E-state index contributed by atoms with van der Waals surface area (Å²) in [5.41, 5.74) is 31.6. The monoisotopic (exact) mass is 1790 g/mol. The van der Waals surface area contributed by atoms with Crippen molar-refractivity contribution in [3.63, 3.8) is 0 Å². The number of fused-ring (bicyclic) bond motifs is 14. The Labute approximate surface area is 795 Å². The van der Waals surface area contributed by atoms with Gasteiger partial charge in [-0.2, -0.15) is 0 Å². The third-order valence-electron chi connectivity index (χ3n) is 34.7. The van der Waals surface area contributed by atoms with E-state index in [2.05, 4.69) is 433 Å². The highest BCUT2D eigenvalue weighted by molar-refractivity contribution is 6.77. The SMILES string of the molecule is CC1(C)C2=CC3C(C=C2c2ccc(-c4cccc5ccccc45)cc21)CCC3[Si](C)(C)N(C(C)(C)C)C(C)(C)C.CC1CC2C=C3C(=CC2C1[Si](C)(C)N(C(C)(C)C)C(C)(C)C)C(C)(C)c1cc(-c2cccc4ccccc24)ccc13.CCCCC1(CCCC)C2=CC3C(C=C2c2ccc(-c4ccc(C(C)(C)C)cc4)cc21)CC(C)C3[Si](C)(C)N(C1CCCCC1)C(C)(C)C. The fourth-order valence-electron chi connectivity index (χ4n) is 31.8. The number of unbranched alkanes of at least 4 members (excludes halogenated alkanes) is 2. The average molecular weight is 1790 g/mol. The number of hydrogen-bond acceptors (Lipinski definition) is 3. The molecule has 0 heterocycles. The van der Waals surface area contributed by atoms with Gasteiger partial charge in [0.2, 0.25) is 0 Å². The molecule has 18 rings (SSSR count). The van der Waals surface area contributed by atoms with Crippen LogP contribution in [0, 0.1) is 47.3 Å². The number of hydrogen-bond donors (Lipinski definition) is 0. The second-order valence-corrected chi connectivity index (χ2v) is 65.1. The number of rotatable bonds is 16. The van der Waals surface area contributed by atoms with Crippen molar-refractivity contribution in [3.05, 3.63) is 256 Å². The molecule has 10 aliphatic rings. The first-order valence-corrected chi connectivity index (χ1v) is 61.1. The van der Waals surface area contributed by atoms with Crippen LogP contribution in [0.15, 0.2) is 217 Å². The molecule has 0 radical (unpaired) electrons. The lowest BCUT2D eigenvalue weighted by Gasteiger charge is -2.57. The van der Waals surface area contributed by atoms with Gasteiger partial charge in [0.25, 0.3) is 0 Å². The van der Waals surface area contributed by atoms with Crippen molar-refractivity contribution in [3.8, 4) is 33.4 Å². The van der Waals surface area contributed by atoms with E-state index < -0.39 is 24.7 Å². The standard InChI is InChI=1S/C47H71NSi.C39H51NSi.C38H49NSi/c1-12-14-27-47(28-15-13-2)42-31-35(34-21-24-37(25-22-34)45(4,5)6)23-26-39(42)41-30-36-29-33(3)44(40(36)32-43(41)47)49(10,11)48(46(7,8)9)38-19-17-16-18-20-38;1-25-21-28-22-33-31-20-19-27(30-18-14-16-26-15-12-13-17-29(26)30)23-34(31)39(8,9)35(33)24-32(28)36(25)41(10,11)40(37(2,3)4)38(5,6)7;1-36(2,3)39(37(4,5)6)40(9,10)35-21-19-26-22-32-30-20-18-27(23-33(30)38(7,8)34(32)24-31(26)35)29-17-13-15-25-14-11-12-16-28(25)29/h21-26,30-33,36,38,40,44H,12-20,27-29H2,1-11H3;12-20,22-25,28,32,36H,21H2,1-11H3;11-18,20,22-24,26,31,35H,19,21H2,1-10H3. The van der Waals surface area contributed by atoms with Crippen molar-refractivity contribution in [1.82, 2.24) is 13.7 Å². The molecule has 0 aliphatic heterocycles. The summed E-state index contributed by atoms with van der Waals surface area (Å²) in [6.07, 6.45) is 36.9. The van der Waals surface area contributed by atoms with Crippen LogP contribution in [-0.4, -0.2) is 72.1 Å². The van der Waals surface area contributed by atoms with Gasteiger partial charge >= 0.3 is 0 Å². The maximum atomic E-state index is 3.17. The molecule has 0 aromatic heterocycles. The van der Waals surface area contributed by atoms with Crippen LogP contribution in [0.5, 0.6) is 0 Å². The second kappa shape index (κ2) is 34.8. The third kappa shape index (κ3) is 17.2. The predicted molar refractivity (Wildman–Crippen MR) is 577 cm³/mol. The summed E-state index contributed by atoms with van der Waals surface area (Å²) in [6.45, 7) is 79.9. The summed E-state index contributed by atoms with van der Waals surface area (Å²) in [7, 11) is -5.43. The quantitative estimate of drug-likeness (QED) is 0.0893. The van der Waals surface area contributed by atoms with Gasteiger partial charge in [-0.05, 0) is 364 Å². The molecule has 11 atom stereocenters. The molecule has 11 unspecified atom stereocenters. The van der Waals surface area contributed by atoms with Gasteiger partial charge in [0.05, 0.1) is 0 Å². The average Bonchev–Trinajstić information content (AvgIpc) is 1.56. The van der Waals surface area contributed by atoms with Crippen molar-refractivity contribution in [2.75, 3.05) is 0 Å². The summed E-state index contributed by atoms with van der Waals surface area (Å²) in [6, 6.07) is 63.4. The van der Waals surface area contributed by atoms with Crippen molar-refractivity contribution in [2.45, 2.75) is 388 Å². The lowest BCUT2D eigenvalue weighted by molar-refractivity contribution is 0.121. The van der Waals surface area contributed by atoms with Crippen LogP contribution in [0.2, 0.25) is 55.9 Å². The van der Waals surface area contributed by atoms with Gasteiger partial charge in [0.1, 0.15) is 24.7 Å². The smallest absolute Gasteiger partial charge is 0.127 e. The molecule has 0 N–H and O–H groups in total. The first-order chi connectivity index (χ1) is 60.8. The summed E-state index contributed by atoms with van der Waals surface area (Å²) in [5.74, 6) is 5.44. The molecule has 0 spiro atoms. The molecule has 4 fully saturated rings. The highest BCUT2D eigenvalue weighted by Crippen LogP contribution is 2.67. The van der Waals surface area contributed by atoms with Crippen molar-refractivity contribution < 1.29 is 0 Å². The van der Waals surface area contributed by atoms with Gasteiger partial charge in [-0.3, -0.25) is 0 Å². The van der Waals surface area contributed by atoms with Crippen LogP contribution < -0.4 is 0 Å². The Bertz CT molecular complexity index is 5700. The Kier molecular flexibility index (Phi) is 25.8. The molecule has 8 aromatic rings. The van der Waals surface area contributed by atoms with E-state index in [1.807, 2.05) is 0 Å². The highest BCUT2D eigenvalue weighted by Gasteiger charge is 2.61. The Balaban J connectivity index is 0.000000144. The maximum Gasteiger partial charge on any atom is 0.127 e. The van der Waals surface area contributed by atoms with Crippen molar-refractivity contribution >= 4 is 63.0 Å². The van der Waals surface area contributed by atoms with E-state index in [1.54, 1.807) is 33.4 Å². The molecule has 0 bridgehead atoms. The minimum atomic E-state index is -1.83. The number of benzene rings is 8. The largest absolute Gasteiger partial charge is 0.316 e. The summed E-state index contributed by atoms with van der Waals surface area (Å²) < 4.78 is 9.07. The van der Waals surface area contributed by atoms with Crippen LogP contribution in [0.1, 0.15) is 315 Å². The molecule has 0 saturated heterocycles. The van der Waals surface area contributed by atoms with Crippen LogP contribution in [0.25, 0.3) is 71.6 Å². The van der Waals surface area contributed by atoms with Crippen LogP contribution in [0.4, 0.5) is 0 Å². The van der Waals surface area contributed by atoms with Gasteiger partial charge in [-0.25, -0.2) is 0 Å². The lowest BCUT2D eigenvalue weighted by atomic mass is 9.68. The van der Waals surface area contributed by atoms with E-state index in [0.29, 0.717) is 35.5 Å². The molecule has 694 valence electrons. The zero-order valence-electron chi connectivity index (χ0n) is 87.4. The second-order valence-electron chi connectivity index (χ2n) is 51.7. The van der Waals surface area contributed by atoms with Crippen molar-refractivity contribution in [1.29, 1.82) is 0 Å². The molecular formula is C124H171N3Si3. The molecule has 3 nitrogen and oxygen atoms in total. The lowest BCUT2D eigenvalue weighted by Crippen LogP contribution is -2.67. The Hall–Kier alpha value is -6.75. The van der Waals surface area contributed by atoms with Gasteiger partial charge in [-0.15, -0.1) is 0 Å². The minimum Gasteiger partial charge on any atom is -0.316 e. The predicted octanol–water partition coefficient (Wildman–Crippen LogP) is 35.4. The molecule has 6 heteroatoms. The first-order valence-electron chi connectivity index (χ1n) is 52.0. The van der Waals surface area contributed by atoms with Crippen LogP contribution in [0.3, 0.4) is 0 Å². The fourth-order valence-corrected chi connectivity index (χ4v) is 50.4. The van der Waals surface area contributed by atoms with Gasteiger partial charge < -0.3 is 13.7 Å². The molecule has 0 amide bonds. The normalized spacial score (nSPS) is 25.1. The van der Waals surface area contributed by atoms with E-state index in [9.17, 15) is 0 Å². The third-order valence-corrected chi connectivity index (χ3v) is 49.6. The van der Waals surface area contributed by atoms with E-state index in [4.69, 9.17) is 0 Å². The van der Waals surface area contributed by atoms with Gasteiger partial charge in [0, 0.05) is 50.0 Å². The maximum absolute atomic E-state index is 3.17. The minimum absolute atomic E-state index is 0.00253. The highest BCUT2D eigenvalue weighted by atomic mass is 28.3. The number of nitrogens with zero attached hydrogens (tertiary/aromatic N) is 3. The summed E-state index contributed by atoms with van der Waals surface area (Å²) in [5, 5.41) is 5.29. The molecule has 8 aromatic carbocycles. The Morgan fingerprint density at radius 1 is 0.354 bits per heavy atom. The Morgan fingerprint density at radius 3 is 1.20 bits per heavy atom. The number of allylic oxidation sites excluding steroid dienone is 12. The van der Waals surface area contributed by atoms with Crippen molar-refractivity contribution in [2.24, 2.45) is 47.3 Å². The molecule has 4 saturated carbocycles. The van der Waals surface area contributed by atoms with E-state index >= 15 is 0 Å². The van der Waals surface area contributed by atoms with Gasteiger partial charge in [0.15, 0.2) is 0 Å². The van der Waals surface area contributed by atoms with Crippen LogP contribution >= 0.6 is 0 Å². The summed E-state index contributed by atoms with van der Waals surface area (Å²) >= 11 is 0. The molecular weight excluding hydrogens is 1620 g/mol.